The van der Waals surface area contributed by atoms with Gasteiger partial charge in [0.1, 0.15) is 22.7 Å². The van der Waals surface area contributed by atoms with Crippen LogP contribution >= 0.6 is 34.7 Å². The van der Waals surface area contributed by atoms with Crippen LogP contribution in [0.15, 0.2) is 141 Å². The monoisotopic (exact) mass is 1540 g/mol. The zero-order valence-electron chi connectivity index (χ0n) is 59.9. The first kappa shape index (κ1) is 78.9. The Kier molecular flexibility index (Phi) is 24.9. The Balaban J connectivity index is 0.689. The minimum atomic E-state index is -6.17. The fraction of sp³-hybridized carbons (Fsp3) is 0.487. The van der Waals surface area contributed by atoms with Crippen LogP contribution in [0.25, 0.3) is 16.0 Å². The SMILES string of the molecule is Cc1ncsc1-c1ccc(CNC(=O)[C@@H]2C[C@@H](O)CN2C(=O)[C@@H](NC(=O)C2(F)CC2)C(C)(C)C)c(OCCCN2CCN(CC[C@H](CSc3ccccc3)Nc3ccc(S(=O)(=O)NC(=O)c4ccc(N5CCN(CC6=C(c7ccc(Cl)cc7)CCC(C)(C)C6)CC5)cc4)cc3S(=O)(=O)C(F)(F)F)CC2)c1. The number of rotatable bonds is 28. The summed E-state index contributed by atoms with van der Waals surface area (Å²) >= 11 is 9.13. The maximum atomic E-state index is 14.8. The molecule has 0 bridgehead atoms. The number of carbonyl (C=O) groups excluding carboxylic acids is 4. The van der Waals surface area contributed by atoms with E-state index in [0.717, 1.165) is 77.7 Å². The summed E-state index contributed by atoms with van der Waals surface area (Å²) in [6, 6.07) is 29.0. The quantitative estimate of drug-likeness (QED) is 0.0174. The van der Waals surface area contributed by atoms with Crippen molar-refractivity contribution < 1.29 is 63.4 Å². The number of amides is 4. The smallest absolute Gasteiger partial charge is 0.493 e. The third-order valence-electron chi connectivity index (χ3n) is 20.3. The van der Waals surface area contributed by atoms with Gasteiger partial charge in [-0.2, -0.15) is 13.2 Å². The minimum absolute atomic E-state index is 0.0212. The highest BCUT2D eigenvalue weighted by molar-refractivity contribution is 7.99. The van der Waals surface area contributed by atoms with Crippen molar-refractivity contribution in [2.75, 3.05) is 101 Å². The number of alkyl halides is 4. The molecule has 4 atom stereocenters. The number of sulfone groups is 1. The Hall–Kier alpha value is -7.15. The summed E-state index contributed by atoms with van der Waals surface area (Å²) < 4.78 is 122. The number of aliphatic hydroxyl groups is 1. The zero-order valence-corrected chi connectivity index (χ0v) is 64.0. The number of hydrogen-bond acceptors (Lipinski definition) is 18. The number of thiazole rings is 1. The molecule has 5 N–H and O–H groups in total. The van der Waals surface area contributed by atoms with E-state index in [1.165, 1.54) is 56.8 Å². The highest BCUT2D eigenvalue weighted by Crippen LogP contribution is 2.44. The maximum absolute atomic E-state index is 14.8. The largest absolute Gasteiger partial charge is 0.501 e. The Morgan fingerprint density at radius 2 is 1.49 bits per heavy atom. The number of halogens is 5. The molecule has 4 heterocycles. The number of anilines is 2. The summed E-state index contributed by atoms with van der Waals surface area (Å²) in [5, 5.41) is 20.1. The molecule has 0 radical (unpaired) electrons. The van der Waals surface area contributed by atoms with Gasteiger partial charge in [0, 0.05) is 130 Å². The molecule has 566 valence electrons. The van der Waals surface area contributed by atoms with E-state index in [0.29, 0.717) is 100.0 Å². The van der Waals surface area contributed by atoms with Crippen LogP contribution in [0.2, 0.25) is 5.02 Å². The Bertz CT molecular complexity index is 4360. The van der Waals surface area contributed by atoms with E-state index in [-0.39, 0.29) is 43.3 Å². The molecule has 5 aliphatic rings. The zero-order chi connectivity index (χ0) is 75.2. The second-order valence-corrected chi connectivity index (χ2v) is 35.8. The molecule has 5 aromatic carbocycles. The molecule has 1 aromatic heterocycles. The van der Waals surface area contributed by atoms with E-state index in [2.05, 4.69) is 66.5 Å². The molecular weight excluding hydrogens is 1450 g/mol. The molecule has 6 aromatic rings. The van der Waals surface area contributed by atoms with Gasteiger partial charge in [-0.25, -0.2) is 30.9 Å². The van der Waals surface area contributed by atoms with Crippen LogP contribution in [0.5, 0.6) is 5.75 Å². The number of nitrogens with one attached hydrogen (secondary N) is 4. The summed E-state index contributed by atoms with van der Waals surface area (Å²) in [6.07, 6.45) is 3.16. The normalized spacial score (nSPS) is 19.6. The molecule has 11 rings (SSSR count). The lowest BCUT2D eigenvalue weighted by Gasteiger charge is -2.39. The number of hydrogen-bond donors (Lipinski definition) is 5. The summed E-state index contributed by atoms with van der Waals surface area (Å²) in [5.74, 6) is -2.21. The molecular formula is C76H93ClF4N10O10S4. The molecule has 2 aliphatic carbocycles. The fourth-order valence-corrected chi connectivity index (χ4v) is 17.9. The van der Waals surface area contributed by atoms with Gasteiger partial charge >= 0.3 is 5.51 Å². The number of ether oxygens (including phenoxy) is 1. The van der Waals surface area contributed by atoms with Crippen molar-refractivity contribution >= 4 is 95.1 Å². The Morgan fingerprint density at radius 3 is 2.13 bits per heavy atom. The highest BCUT2D eigenvalue weighted by Gasteiger charge is 2.54. The van der Waals surface area contributed by atoms with Crippen LogP contribution in [0.1, 0.15) is 113 Å². The molecule has 4 amide bonds. The number of sulfonamides is 1. The lowest BCUT2D eigenvalue weighted by atomic mass is 9.73. The summed E-state index contributed by atoms with van der Waals surface area (Å²) in [5.41, 5.74) is -0.0391. The number of benzene rings is 5. The summed E-state index contributed by atoms with van der Waals surface area (Å²) in [7, 11) is -11.1. The minimum Gasteiger partial charge on any atom is -0.493 e. The molecule has 0 spiro atoms. The Morgan fingerprint density at radius 1 is 0.819 bits per heavy atom. The van der Waals surface area contributed by atoms with E-state index in [9.17, 15) is 58.7 Å². The summed E-state index contributed by atoms with van der Waals surface area (Å²) in [4.78, 5) is 69.1. The average Bonchev–Trinajstić information content (AvgIpc) is 0.813. The fourth-order valence-electron chi connectivity index (χ4n) is 13.9. The van der Waals surface area contributed by atoms with Crippen molar-refractivity contribution in [3.05, 3.63) is 154 Å². The van der Waals surface area contributed by atoms with Crippen LogP contribution in [-0.2, 0) is 40.8 Å². The number of aliphatic hydroxyl groups excluding tert-OH is 1. The van der Waals surface area contributed by atoms with Gasteiger partial charge in [-0.1, -0.05) is 94.3 Å². The number of allylic oxidation sites excluding steroid dienone is 1. The van der Waals surface area contributed by atoms with Gasteiger partial charge in [-0.15, -0.1) is 23.1 Å². The predicted molar refractivity (Wildman–Crippen MR) is 402 cm³/mol. The topological polar surface area (TPSA) is 243 Å². The molecule has 105 heavy (non-hydrogen) atoms. The first-order valence-corrected chi connectivity index (χ1v) is 40.8. The van der Waals surface area contributed by atoms with E-state index >= 15 is 0 Å². The predicted octanol–water partition coefficient (Wildman–Crippen LogP) is 11.6. The average molecular weight is 1550 g/mol. The van der Waals surface area contributed by atoms with Crippen molar-refractivity contribution in [1.82, 2.24) is 39.9 Å². The van der Waals surface area contributed by atoms with Crippen LogP contribution in [-0.4, -0.2) is 196 Å². The van der Waals surface area contributed by atoms with Crippen molar-refractivity contribution in [2.45, 2.75) is 150 Å². The van der Waals surface area contributed by atoms with Gasteiger partial charge in [0.15, 0.2) is 5.67 Å². The van der Waals surface area contributed by atoms with E-state index in [1.807, 2.05) is 72.3 Å². The molecule has 3 aliphatic heterocycles. The van der Waals surface area contributed by atoms with Crippen molar-refractivity contribution in [3.8, 4) is 16.2 Å². The third-order valence-corrected chi connectivity index (χ3v) is 25.6. The number of likely N-dealkylation sites (tertiary alicyclic amines) is 1. The molecule has 3 saturated heterocycles. The lowest BCUT2D eigenvalue weighted by Crippen LogP contribution is -2.59. The van der Waals surface area contributed by atoms with Crippen LogP contribution in [0.3, 0.4) is 0 Å². The van der Waals surface area contributed by atoms with E-state index in [1.54, 1.807) is 38.4 Å². The number of thioether (sulfide) groups is 1. The number of β-amino-alcohol motifs (C(OH)–C–C–N with tert-alkyl or cyclic N) is 1. The third kappa shape index (κ3) is 20.0. The van der Waals surface area contributed by atoms with Crippen LogP contribution in [0.4, 0.5) is 28.9 Å². The second kappa shape index (κ2) is 33.1. The Labute approximate surface area is 626 Å². The van der Waals surface area contributed by atoms with Crippen molar-refractivity contribution in [3.63, 3.8) is 0 Å². The van der Waals surface area contributed by atoms with Crippen LogP contribution < -0.4 is 30.3 Å². The summed E-state index contributed by atoms with van der Waals surface area (Å²) in [6.45, 7) is 19.6. The first-order chi connectivity index (χ1) is 49.7. The highest BCUT2D eigenvalue weighted by atomic mass is 35.5. The second-order valence-electron chi connectivity index (χ2n) is 29.9. The van der Waals surface area contributed by atoms with Gasteiger partial charge in [0.2, 0.25) is 11.8 Å². The van der Waals surface area contributed by atoms with Gasteiger partial charge < -0.3 is 45.4 Å². The van der Waals surface area contributed by atoms with Crippen molar-refractivity contribution in [2.24, 2.45) is 10.8 Å². The number of piperazine rings is 2. The first-order valence-electron chi connectivity index (χ1n) is 35.6. The molecule has 1 saturated carbocycles. The van der Waals surface area contributed by atoms with Gasteiger partial charge in [0.05, 0.1) is 39.4 Å². The number of aromatic nitrogens is 1. The maximum Gasteiger partial charge on any atom is 0.501 e. The number of aryl methyl sites for hydroxylation is 1. The molecule has 4 fully saturated rings. The number of nitrogens with zero attached hydrogens (tertiary/aromatic N) is 6. The molecule has 20 nitrogen and oxygen atoms in total. The van der Waals surface area contributed by atoms with Gasteiger partial charge in [0.25, 0.3) is 31.7 Å². The van der Waals surface area contributed by atoms with E-state index in [4.69, 9.17) is 16.3 Å². The lowest BCUT2D eigenvalue weighted by molar-refractivity contribution is -0.145. The molecule has 29 heteroatoms. The van der Waals surface area contributed by atoms with Crippen LogP contribution in [0, 0.1) is 17.8 Å². The van der Waals surface area contributed by atoms with Gasteiger partial charge in [-0.3, -0.25) is 24.1 Å². The van der Waals surface area contributed by atoms with Gasteiger partial charge in [-0.05, 0) is 152 Å². The number of carbonyl (C=O) groups is 4. The van der Waals surface area contributed by atoms with Crippen molar-refractivity contribution in [1.29, 1.82) is 0 Å². The van der Waals surface area contributed by atoms with E-state index < -0.39 is 99.8 Å². The standard InChI is InChI=1S/C76H93ClF4N10O10S4/c1-50-67(103-49-83-50)53-13-14-54(45-82-70(94)64-42-59(92)47-91(64)71(95)68(73(2,3)4)85-72(96)75(78)28-29-75)65(41-53)101-40-10-30-87-32-34-88(35-33-87)31-26-57(48-102-60-11-8-7-9-12-60)84-63-24-23-61(43-66(63)104(97,98)76(79,80)81)105(99,100)86-69(93)52-17-21-58(22-18-52)90-38-36-89(37-39-90)46-55-44-74(5,6)27-25-62(55)51-15-19-56(77)20-16-51/h7-9,11-24,41,43,49,57,59,64,68,84,92H,10,25-40,42,44-48H2,1-6H3,(H,82,94)(H,85,96)(H,86,93)/t57-,59-,64+,68-/m1/s1. The molecule has 0 unspecified atom stereocenters.